The molecule has 4 heavy (non-hydrogen) atoms. The van der Waals surface area contributed by atoms with Crippen molar-refractivity contribution in [3.05, 3.63) is 12.6 Å². The van der Waals surface area contributed by atoms with Gasteiger partial charge >= 0.3 is 0 Å². The van der Waals surface area contributed by atoms with Crippen LogP contribution in [0.2, 0.25) is 0 Å². The number of hydrogen-bond acceptors (Lipinski definition) is 0. The highest BCUT2D eigenvalue weighted by atomic mass is 35.5. The van der Waals surface area contributed by atoms with E-state index in [4.69, 9.17) is 11.5 Å². The predicted molar refractivity (Wildman–Crippen MR) is 23.2 cm³/mol. The monoisotopic (exact) mass is 74.0 g/mol. The average molecular weight is 74.3 g/mol. The molecule has 0 nitrogen and oxygen atoms in total. The second kappa shape index (κ2) is 3.09. The van der Waals surface area contributed by atoms with Gasteiger partial charge in [0.25, 0.3) is 6.69 Å². The van der Waals surface area contributed by atoms with Crippen LogP contribution in [0.4, 0.5) is 0 Å². The fourth-order valence-electron chi connectivity index (χ4n) is 0. The molecule has 0 N–H and O–H groups in total. The van der Waals surface area contributed by atoms with Gasteiger partial charge in [-0.1, -0.05) is 0 Å². The lowest BCUT2D eigenvalue weighted by atomic mass is 10.1. The van der Waals surface area contributed by atoms with E-state index in [1.165, 1.54) is 0 Å². The van der Waals surface area contributed by atoms with Gasteiger partial charge < -0.3 is 0 Å². The SMILES string of the molecule is C=CBCl. The van der Waals surface area contributed by atoms with Crippen LogP contribution in [-0.4, -0.2) is 6.69 Å². The van der Waals surface area contributed by atoms with Gasteiger partial charge in [-0.3, -0.25) is 0 Å². The average Bonchev–Trinajstić information content (AvgIpc) is 1.37. The van der Waals surface area contributed by atoms with Crippen molar-refractivity contribution in [3.8, 4) is 0 Å². The first-order chi connectivity index (χ1) is 1.91. The van der Waals surface area contributed by atoms with E-state index >= 15 is 0 Å². The predicted octanol–water partition coefficient (Wildman–Crippen LogP) is 0.720. The van der Waals surface area contributed by atoms with E-state index in [1.807, 2.05) is 0 Å². The van der Waals surface area contributed by atoms with Gasteiger partial charge in [-0.15, -0.1) is 12.6 Å². The fraction of sp³-hybridized carbons (Fsp3) is 0. The van der Waals surface area contributed by atoms with Crippen molar-refractivity contribution in [2.45, 2.75) is 0 Å². The van der Waals surface area contributed by atoms with E-state index < -0.39 is 0 Å². The summed E-state index contributed by atoms with van der Waals surface area (Å²) in [5.41, 5.74) is 0. The largest absolute Gasteiger partial charge is 0.257 e. The maximum atomic E-state index is 5.07. The summed E-state index contributed by atoms with van der Waals surface area (Å²) in [5, 5.41) is 0. The molecule has 0 aromatic rings. The molecule has 0 fully saturated rings. The molecule has 0 bridgehead atoms. The Balaban J connectivity index is 2.30. The summed E-state index contributed by atoms with van der Waals surface area (Å²) in [5.74, 6) is 1.64. The molecule has 0 aromatic carbocycles. The van der Waals surface area contributed by atoms with Gasteiger partial charge in [0.1, 0.15) is 0 Å². The molecule has 0 amide bonds. The zero-order valence-electron chi connectivity index (χ0n) is 2.37. The molecule has 0 rings (SSSR count). The fourth-order valence-corrected chi connectivity index (χ4v) is 0. The van der Waals surface area contributed by atoms with Crippen molar-refractivity contribution < 1.29 is 0 Å². The number of halogens is 1. The topological polar surface area (TPSA) is 0 Å². The molecule has 0 aliphatic heterocycles. The second-order valence-electron chi connectivity index (χ2n) is 0.443. The van der Waals surface area contributed by atoms with Gasteiger partial charge in [-0.2, -0.15) is 11.5 Å². The third kappa shape index (κ3) is 2.09. The Morgan fingerprint density at radius 1 is 2.00 bits per heavy atom. The summed E-state index contributed by atoms with van der Waals surface area (Å²) in [4.78, 5) is 0. The maximum absolute atomic E-state index is 5.07. The minimum atomic E-state index is 0.556. The van der Waals surface area contributed by atoms with Crippen LogP contribution < -0.4 is 0 Å². The first-order valence-corrected chi connectivity index (χ1v) is 1.62. The summed E-state index contributed by atoms with van der Waals surface area (Å²) < 4.78 is 0. The van der Waals surface area contributed by atoms with Gasteiger partial charge in [0.05, 0.1) is 0 Å². The summed E-state index contributed by atoms with van der Waals surface area (Å²) in [7, 11) is 0. The van der Waals surface area contributed by atoms with Crippen molar-refractivity contribution in [1.29, 1.82) is 0 Å². The van der Waals surface area contributed by atoms with Crippen molar-refractivity contribution in [2.75, 3.05) is 0 Å². The minimum Gasteiger partial charge on any atom is -0.195 e. The molecule has 0 saturated heterocycles. The van der Waals surface area contributed by atoms with Gasteiger partial charge in [-0.25, -0.2) is 0 Å². The van der Waals surface area contributed by atoms with Crippen molar-refractivity contribution in [2.24, 2.45) is 0 Å². The van der Waals surface area contributed by atoms with Crippen molar-refractivity contribution >= 4 is 18.2 Å². The van der Waals surface area contributed by atoms with E-state index in [-0.39, 0.29) is 0 Å². The quantitative estimate of drug-likeness (QED) is 0.402. The van der Waals surface area contributed by atoms with Gasteiger partial charge in [0.2, 0.25) is 0 Å². The highest BCUT2D eigenvalue weighted by Crippen LogP contribution is 1.61. The van der Waals surface area contributed by atoms with Crippen LogP contribution in [0.5, 0.6) is 0 Å². The molecule has 0 atom stereocenters. The Kier molecular flexibility index (Phi) is 3.17. The summed E-state index contributed by atoms with van der Waals surface area (Å²) in [6.07, 6.45) is 0. The molecule has 0 unspecified atom stereocenters. The highest BCUT2D eigenvalue weighted by Gasteiger charge is 1.56. The molecule has 22 valence electrons. The van der Waals surface area contributed by atoms with Gasteiger partial charge in [-0.05, 0) is 0 Å². The minimum absolute atomic E-state index is 0.556. The third-order valence-corrected chi connectivity index (χ3v) is 0.327. The van der Waals surface area contributed by atoms with Crippen LogP contribution in [0.1, 0.15) is 0 Å². The highest BCUT2D eigenvalue weighted by molar-refractivity contribution is 6.96. The summed E-state index contributed by atoms with van der Waals surface area (Å²) in [6, 6.07) is 0. The molecule has 2 heteroatoms. The Morgan fingerprint density at radius 2 is 2.25 bits per heavy atom. The third-order valence-electron chi connectivity index (χ3n) is 0.109. The zero-order chi connectivity index (χ0) is 3.41. The van der Waals surface area contributed by atoms with E-state index in [0.717, 1.165) is 0 Å². The molecule has 0 aliphatic rings. The normalized spacial score (nSPS) is 5.25. The molecule has 0 heterocycles. The molecule has 0 aromatic heterocycles. The Hall–Kier alpha value is 0.0949. The first-order valence-electron chi connectivity index (χ1n) is 1.08. The Labute approximate surface area is 31.6 Å². The van der Waals surface area contributed by atoms with E-state index in [0.29, 0.717) is 6.69 Å². The molecule has 0 radical (unpaired) electrons. The van der Waals surface area contributed by atoms with Crippen LogP contribution in [0.25, 0.3) is 0 Å². The molecule has 0 saturated carbocycles. The van der Waals surface area contributed by atoms with Crippen LogP contribution >= 0.6 is 11.5 Å². The molecular weight excluding hydrogens is 70.3 g/mol. The van der Waals surface area contributed by atoms with Crippen LogP contribution in [0.15, 0.2) is 12.6 Å². The van der Waals surface area contributed by atoms with E-state index in [2.05, 4.69) is 6.58 Å². The van der Waals surface area contributed by atoms with E-state index in [1.54, 1.807) is 5.98 Å². The summed E-state index contributed by atoms with van der Waals surface area (Å²) >= 11 is 5.07. The smallest absolute Gasteiger partial charge is 0.195 e. The lowest BCUT2D eigenvalue weighted by molar-refractivity contribution is 2.61. The van der Waals surface area contributed by atoms with Gasteiger partial charge in [0.15, 0.2) is 0 Å². The summed E-state index contributed by atoms with van der Waals surface area (Å²) in [6.45, 7) is 3.90. The van der Waals surface area contributed by atoms with Gasteiger partial charge in [0, 0.05) is 0 Å². The Morgan fingerprint density at radius 3 is 2.25 bits per heavy atom. The van der Waals surface area contributed by atoms with Crippen LogP contribution in [0, 0.1) is 0 Å². The van der Waals surface area contributed by atoms with E-state index in [9.17, 15) is 0 Å². The molecular formula is C2H4BCl. The standard InChI is InChI=1S/C2H4BCl/c1-2-3-4/h2-3H,1H2. The maximum Gasteiger partial charge on any atom is 0.257 e. The van der Waals surface area contributed by atoms with Crippen molar-refractivity contribution in [3.63, 3.8) is 0 Å². The second-order valence-corrected chi connectivity index (χ2v) is 0.752. The van der Waals surface area contributed by atoms with Crippen LogP contribution in [-0.2, 0) is 0 Å². The molecule has 0 spiro atoms. The lowest BCUT2D eigenvalue weighted by Crippen LogP contribution is -1.54. The molecule has 0 aliphatic carbocycles. The zero-order valence-corrected chi connectivity index (χ0v) is 3.13. The number of hydrogen-bond donors (Lipinski definition) is 0. The van der Waals surface area contributed by atoms with Crippen LogP contribution in [0.3, 0.4) is 0 Å². The number of rotatable bonds is 1. The lowest BCUT2D eigenvalue weighted by Gasteiger charge is -1.49. The van der Waals surface area contributed by atoms with Crippen molar-refractivity contribution in [1.82, 2.24) is 0 Å². The Bertz CT molecular complexity index is 20.0. The first kappa shape index (κ1) is 4.09.